The fourth-order valence-corrected chi connectivity index (χ4v) is 3.07. The molecule has 0 fully saturated rings. The lowest BCUT2D eigenvalue weighted by Crippen LogP contribution is -2.12. The molecule has 0 unspecified atom stereocenters. The molecule has 0 aliphatic heterocycles. The summed E-state index contributed by atoms with van der Waals surface area (Å²) in [5, 5.41) is 9.81. The third-order valence-corrected chi connectivity index (χ3v) is 4.29. The lowest BCUT2D eigenvalue weighted by atomic mass is 10.1. The van der Waals surface area contributed by atoms with Gasteiger partial charge in [0.25, 0.3) is 5.91 Å². The molecule has 1 amide bonds. The molecule has 0 bridgehead atoms. The van der Waals surface area contributed by atoms with Gasteiger partial charge >= 0.3 is 0 Å². The van der Waals surface area contributed by atoms with Crippen LogP contribution >= 0.6 is 39.1 Å². The molecule has 0 aliphatic rings. The first-order valence-electron chi connectivity index (χ1n) is 6.69. The molecule has 0 radical (unpaired) electrons. The average molecular weight is 426 g/mol. The van der Waals surface area contributed by atoms with Crippen LogP contribution in [0, 0.1) is 11.3 Å². The number of nitrogens with two attached hydrogens (primary N) is 1. The third kappa shape index (κ3) is 4.51. The number of nitriles is 1. The van der Waals surface area contributed by atoms with Gasteiger partial charge in [-0.1, -0.05) is 41.4 Å². The van der Waals surface area contributed by atoms with E-state index >= 15 is 0 Å². The quantitative estimate of drug-likeness (QED) is 0.555. The van der Waals surface area contributed by atoms with Crippen molar-refractivity contribution in [1.29, 1.82) is 5.26 Å². The number of hydrogen-bond donors (Lipinski definition) is 1. The Morgan fingerprint density at radius 1 is 1.29 bits per heavy atom. The highest BCUT2D eigenvalue weighted by molar-refractivity contribution is 9.10. The van der Waals surface area contributed by atoms with Crippen molar-refractivity contribution < 1.29 is 9.53 Å². The standard InChI is InChI=1S/C17H11BrCl2N2O2/c18-13-6-10(5-12(8-21)17(22)23)7-15(20)16(13)24-9-11-3-1-2-4-14(11)19/h1-7H,9H2,(H2,22,23). The van der Waals surface area contributed by atoms with Gasteiger partial charge in [-0.3, -0.25) is 4.79 Å². The Balaban J connectivity index is 2.26. The van der Waals surface area contributed by atoms with Gasteiger partial charge in [0.2, 0.25) is 0 Å². The van der Waals surface area contributed by atoms with E-state index in [4.69, 9.17) is 38.9 Å². The molecule has 4 nitrogen and oxygen atoms in total. The Kier molecular flexibility index (Phi) is 6.27. The maximum absolute atomic E-state index is 11.1. The maximum atomic E-state index is 11.1. The number of primary amides is 1. The SMILES string of the molecule is N#CC(=Cc1cc(Cl)c(OCc2ccccc2Cl)c(Br)c1)C(N)=O. The Hall–Kier alpha value is -2.00. The van der Waals surface area contributed by atoms with E-state index < -0.39 is 5.91 Å². The second-order valence-corrected chi connectivity index (χ2v) is 6.40. The number of benzene rings is 2. The Morgan fingerprint density at radius 2 is 2.00 bits per heavy atom. The first-order chi connectivity index (χ1) is 11.4. The molecular weight excluding hydrogens is 415 g/mol. The summed E-state index contributed by atoms with van der Waals surface area (Å²) >= 11 is 15.7. The van der Waals surface area contributed by atoms with Crippen molar-refractivity contribution in [2.45, 2.75) is 6.61 Å². The summed E-state index contributed by atoms with van der Waals surface area (Å²) in [7, 11) is 0. The van der Waals surface area contributed by atoms with Gasteiger partial charge in [0.15, 0.2) is 5.75 Å². The topological polar surface area (TPSA) is 76.1 Å². The predicted octanol–water partition coefficient (Wildman–Crippen LogP) is 4.73. The van der Waals surface area contributed by atoms with Gasteiger partial charge in [-0.05, 0) is 45.8 Å². The van der Waals surface area contributed by atoms with E-state index in [1.807, 2.05) is 18.2 Å². The van der Waals surface area contributed by atoms with Crippen molar-refractivity contribution in [3.8, 4) is 11.8 Å². The Morgan fingerprint density at radius 3 is 2.58 bits per heavy atom. The molecule has 0 aromatic heterocycles. The summed E-state index contributed by atoms with van der Waals surface area (Å²) in [5.74, 6) is -0.366. The zero-order chi connectivity index (χ0) is 17.7. The molecule has 0 heterocycles. The van der Waals surface area contributed by atoms with Crippen LogP contribution in [0.3, 0.4) is 0 Å². The predicted molar refractivity (Wildman–Crippen MR) is 97.7 cm³/mol. The van der Waals surface area contributed by atoms with Gasteiger partial charge in [-0.2, -0.15) is 5.26 Å². The van der Waals surface area contributed by atoms with E-state index in [-0.39, 0.29) is 12.2 Å². The number of amides is 1. The molecular formula is C17H11BrCl2N2O2. The van der Waals surface area contributed by atoms with Crippen molar-refractivity contribution in [3.05, 3.63) is 67.6 Å². The molecule has 0 saturated heterocycles. The van der Waals surface area contributed by atoms with Gasteiger partial charge in [-0.25, -0.2) is 0 Å². The average Bonchev–Trinajstić information content (AvgIpc) is 2.53. The number of halogens is 3. The van der Waals surface area contributed by atoms with Gasteiger partial charge in [0.1, 0.15) is 18.2 Å². The summed E-state index contributed by atoms with van der Waals surface area (Å²) in [6.45, 7) is 0.248. The van der Waals surface area contributed by atoms with E-state index in [1.54, 1.807) is 24.3 Å². The van der Waals surface area contributed by atoms with Crippen LogP contribution in [0.2, 0.25) is 10.0 Å². The smallest absolute Gasteiger partial charge is 0.259 e. The maximum Gasteiger partial charge on any atom is 0.259 e. The van der Waals surface area contributed by atoms with Crippen molar-refractivity contribution >= 4 is 51.1 Å². The normalized spacial score (nSPS) is 11.0. The summed E-state index contributed by atoms with van der Waals surface area (Å²) < 4.78 is 6.31. The molecule has 122 valence electrons. The van der Waals surface area contributed by atoms with Gasteiger partial charge in [0.05, 0.1) is 9.50 Å². The van der Waals surface area contributed by atoms with E-state index in [9.17, 15) is 4.79 Å². The Bertz CT molecular complexity index is 837. The highest BCUT2D eigenvalue weighted by Gasteiger charge is 2.11. The summed E-state index contributed by atoms with van der Waals surface area (Å²) in [6.07, 6.45) is 1.36. The lowest BCUT2D eigenvalue weighted by Gasteiger charge is -2.12. The molecule has 0 saturated carbocycles. The summed E-state index contributed by atoms with van der Waals surface area (Å²) in [5.41, 5.74) is 6.33. The molecule has 2 N–H and O–H groups in total. The number of hydrogen-bond acceptors (Lipinski definition) is 3. The molecule has 0 aliphatic carbocycles. The van der Waals surface area contributed by atoms with Crippen LogP contribution in [0.15, 0.2) is 46.4 Å². The zero-order valence-corrected chi connectivity index (χ0v) is 15.3. The zero-order valence-electron chi connectivity index (χ0n) is 12.2. The summed E-state index contributed by atoms with van der Waals surface area (Å²) in [6, 6.07) is 12.3. The molecule has 7 heteroatoms. The summed E-state index contributed by atoms with van der Waals surface area (Å²) in [4.78, 5) is 11.1. The van der Waals surface area contributed by atoms with E-state index in [1.165, 1.54) is 6.08 Å². The van der Waals surface area contributed by atoms with Crippen molar-refractivity contribution in [2.75, 3.05) is 0 Å². The van der Waals surface area contributed by atoms with Crippen LogP contribution < -0.4 is 10.5 Å². The fourth-order valence-electron chi connectivity index (χ4n) is 1.89. The largest absolute Gasteiger partial charge is 0.486 e. The monoisotopic (exact) mass is 424 g/mol. The van der Waals surface area contributed by atoms with Crippen LogP contribution in [0.5, 0.6) is 5.75 Å². The van der Waals surface area contributed by atoms with E-state index in [0.29, 0.717) is 25.8 Å². The van der Waals surface area contributed by atoms with Crippen molar-refractivity contribution in [2.24, 2.45) is 5.73 Å². The number of ether oxygens (including phenoxy) is 1. The third-order valence-electron chi connectivity index (χ3n) is 3.05. The first-order valence-corrected chi connectivity index (χ1v) is 8.24. The van der Waals surface area contributed by atoms with E-state index in [2.05, 4.69) is 15.9 Å². The lowest BCUT2D eigenvalue weighted by molar-refractivity contribution is -0.114. The Labute approximate surface area is 157 Å². The molecule has 24 heavy (non-hydrogen) atoms. The molecule has 2 aromatic rings. The van der Waals surface area contributed by atoms with Crippen LogP contribution in [0.25, 0.3) is 6.08 Å². The molecule has 0 spiro atoms. The van der Waals surface area contributed by atoms with Crippen LogP contribution in [0.1, 0.15) is 11.1 Å². The van der Waals surface area contributed by atoms with Gasteiger partial charge in [0, 0.05) is 10.6 Å². The van der Waals surface area contributed by atoms with Crippen molar-refractivity contribution in [1.82, 2.24) is 0 Å². The highest BCUT2D eigenvalue weighted by atomic mass is 79.9. The number of carbonyl (C=O) groups excluding carboxylic acids is 1. The van der Waals surface area contributed by atoms with Crippen LogP contribution in [0.4, 0.5) is 0 Å². The molecule has 0 atom stereocenters. The van der Waals surface area contributed by atoms with Gasteiger partial charge in [-0.15, -0.1) is 0 Å². The van der Waals surface area contributed by atoms with Crippen molar-refractivity contribution in [3.63, 3.8) is 0 Å². The second-order valence-electron chi connectivity index (χ2n) is 4.73. The minimum Gasteiger partial charge on any atom is -0.486 e. The fraction of sp³-hybridized carbons (Fsp3) is 0.0588. The first kappa shape index (κ1) is 18.3. The minimum absolute atomic E-state index is 0.164. The minimum atomic E-state index is -0.802. The molecule has 2 rings (SSSR count). The van der Waals surface area contributed by atoms with E-state index in [0.717, 1.165) is 5.56 Å². The second kappa shape index (κ2) is 8.20. The van der Waals surface area contributed by atoms with Crippen LogP contribution in [-0.2, 0) is 11.4 Å². The molecule has 2 aromatic carbocycles. The number of carbonyl (C=O) groups is 1. The highest BCUT2D eigenvalue weighted by Crippen LogP contribution is 2.36. The number of nitrogens with zero attached hydrogens (tertiary/aromatic N) is 1. The van der Waals surface area contributed by atoms with Crippen LogP contribution in [-0.4, -0.2) is 5.91 Å². The number of rotatable bonds is 5. The van der Waals surface area contributed by atoms with Gasteiger partial charge < -0.3 is 10.5 Å².